The third-order valence-corrected chi connectivity index (χ3v) is 4.37. The molecule has 3 N–H and O–H groups in total. The minimum atomic E-state index is -1.18. The maximum Gasteiger partial charge on any atom is 0.411 e. The minimum Gasteiger partial charge on any atom is -0.465 e. The topological polar surface area (TPSA) is 114 Å². The normalized spacial score (nSPS) is 10.9. The van der Waals surface area contributed by atoms with Gasteiger partial charge in [0.05, 0.1) is 22.1 Å². The summed E-state index contributed by atoms with van der Waals surface area (Å²) in [6.07, 6.45) is 0.208. The van der Waals surface area contributed by atoms with Crippen LogP contribution in [-0.4, -0.2) is 38.5 Å². The molecule has 134 valence electrons. The summed E-state index contributed by atoms with van der Waals surface area (Å²) in [6, 6.07) is 4.82. The van der Waals surface area contributed by atoms with Crippen LogP contribution in [0.15, 0.2) is 24.4 Å². The summed E-state index contributed by atoms with van der Waals surface area (Å²) < 4.78 is 1.48. The van der Waals surface area contributed by atoms with Crippen molar-refractivity contribution < 1.29 is 14.7 Å². The number of anilines is 1. The van der Waals surface area contributed by atoms with Crippen LogP contribution >= 0.6 is 23.2 Å². The van der Waals surface area contributed by atoms with Gasteiger partial charge in [0.15, 0.2) is 0 Å². The zero-order valence-corrected chi connectivity index (χ0v) is 15.2. The number of primary amides is 1. The summed E-state index contributed by atoms with van der Waals surface area (Å²) >= 11 is 12.3. The number of carboxylic acid groups (broad SMARTS) is 1. The van der Waals surface area contributed by atoms with E-state index in [4.69, 9.17) is 28.9 Å². The van der Waals surface area contributed by atoms with E-state index in [0.717, 1.165) is 4.90 Å². The second-order valence-corrected chi connectivity index (χ2v) is 6.36. The molecule has 0 aliphatic rings. The lowest BCUT2D eigenvalue weighted by Gasteiger charge is -2.21. The van der Waals surface area contributed by atoms with Gasteiger partial charge in [-0.2, -0.15) is 0 Å². The van der Waals surface area contributed by atoms with Crippen molar-refractivity contribution in [1.29, 1.82) is 0 Å². The predicted molar refractivity (Wildman–Crippen MR) is 98.1 cm³/mol. The standard InChI is InChI=1S/C16H13Cl2N5O3/c1-7-12(22(2)16(25)26)13(9-4-3-8(17)5-10(9)18)23-6-11(14(19)24)21-15(23)20-7/h3-6H,1-2H3,(H2,19,24)(H,25,26). The Balaban J connectivity index is 2.47. The van der Waals surface area contributed by atoms with Crippen LogP contribution in [0.5, 0.6) is 0 Å². The maximum atomic E-state index is 11.6. The van der Waals surface area contributed by atoms with Crippen molar-refractivity contribution in [2.24, 2.45) is 5.73 Å². The molecule has 0 aliphatic carbocycles. The number of nitrogens with zero attached hydrogens (tertiary/aromatic N) is 4. The number of carbonyl (C=O) groups is 2. The first-order valence-electron chi connectivity index (χ1n) is 7.32. The predicted octanol–water partition coefficient (Wildman–Crippen LogP) is 3.22. The van der Waals surface area contributed by atoms with Crippen molar-refractivity contribution in [2.75, 3.05) is 11.9 Å². The number of nitrogens with two attached hydrogens (primary N) is 1. The van der Waals surface area contributed by atoms with Gasteiger partial charge in [0, 0.05) is 23.8 Å². The Morgan fingerprint density at radius 2 is 1.96 bits per heavy atom. The Morgan fingerprint density at radius 1 is 1.27 bits per heavy atom. The molecule has 0 spiro atoms. The van der Waals surface area contributed by atoms with E-state index in [1.807, 2.05) is 0 Å². The van der Waals surface area contributed by atoms with Crippen LogP contribution in [0.4, 0.5) is 10.5 Å². The third kappa shape index (κ3) is 2.93. The molecule has 2 amide bonds. The highest BCUT2D eigenvalue weighted by Crippen LogP contribution is 2.38. The van der Waals surface area contributed by atoms with Gasteiger partial charge >= 0.3 is 6.09 Å². The van der Waals surface area contributed by atoms with E-state index in [2.05, 4.69) is 9.97 Å². The highest BCUT2D eigenvalue weighted by Gasteiger charge is 2.24. The SMILES string of the molecule is Cc1nc2nc(C(N)=O)cn2c(-c2ccc(Cl)cc2Cl)c1N(C)C(=O)O. The summed E-state index contributed by atoms with van der Waals surface area (Å²) in [5.74, 6) is -0.533. The lowest BCUT2D eigenvalue weighted by atomic mass is 10.1. The highest BCUT2D eigenvalue weighted by molar-refractivity contribution is 6.36. The van der Waals surface area contributed by atoms with E-state index in [0.29, 0.717) is 32.7 Å². The molecule has 2 heterocycles. The summed E-state index contributed by atoms with van der Waals surface area (Å²) in [4.78, 5) is 32.5. The highest BCUT2D eigenvalue weighted by atomic mass is 35.5. The number of aromatic nitrogens is 3. The molecule has 1 aromatic carbocycles. The number of amides is 2. The second kappa shape index (κ2) is 6.47. The Bertz CT molecular complexity index is 1060. The third-order valence-electron chi connectivity index (χ3n) is 3.82. The van der Waals surface area contributed by atoms with Gasteiger partial charge in [-0.1, -0.05) is 23.2 Å². The van der Waals surface area contributed by atoms with Crippen molar-refractivity contribution in [3.8, 4) is 11.3 Å². The molecule has 0 bridgehead atoms. The van der Waals surface area contributed by atoms with Crippen molar-refractivity contribution in [3.05, 3.63) is 45.8 Å². The summed E-state index contributed by atoms with van der Waals surface area (Å²) in [5, 5.41) is 10.2. The van der Waals surface area contributed by atoms with Crippen LogP contribution in [0.2, 0.25) is 10.0 Å². The number of hydrogen-bond acceptors (Lipinski definition) is 4. The molecule has 8 nitrogen and oxygen atoms in total. The Hall–Kier alpha value is -2.84. The zero-order chi connectivity index (χ0) is 19.2. The fourth-order valence-electron chi connectivity index (χ4n) is 2.66. The monoisotopic (exact) mass is 393 g/mol. The molecule has 0 unspecified atom stereocenters. The Labute approximate surface area is 157 Å². The Kier molecular flexibility index (Phi) is 4.47. The molecule has 0 radical (unpaired) electrons. The molecule has 10 heteroatoms. The van der Waals surface area contributed by atoms with Gasteiger partial charge in [-0.05, 0) is 25.1 Å². The molecule has 0 aliphatic heterocycles. The lowest BCUT2D eigenvalue weighted by molar-refractivity contribution is 0.0996. The van der Waals surface area contributed by atoms with Gasteiger partial charge in [0.25, 0.3) is 5.91 Å². The molecule has 3 rings (SSSR count). The van der Waals surface area contributed by atoms with Crippen LogP contribution < -0.4 is 10.6 Å². The van der Waals surface area contributed by atoms with E-state index in [9.17, 15) is 14.7 Å². The van der Waals surface area contributed by atoms with Crippen LogP contribution in [0.25, 0.3) is 17.0 Å². The molecule has 26 heavy (non-hydrogen) atoms. The number of fused-ring (bicyclic) bond motifs is 1. The van der Waals surface area contributed by atoms with Gasteiger partial charge in [0.2, 0.25) is 5.78 Å². The van der Waals surface area contributed by atoms with Crippen LogP contribution in [-0.2, 0) is 0 Å². The molecule has 3 aromatic rings. The van der Waals surface area contributed by atoms with Crippen molar-refractivity contribution in [1.82, 2.24) is 14.4 Å². The second-order valence-electron chi connectivity index (χ2n) is 5.52. The van der Waals surface area contributed by atoms with E-state index >= 15 is 0 Å². The van der Waals surface area contributed by atoms with E-state index in [1.165, 1.54) is 23.7 Å². The van der Waals surface area contributed by atoms with Crippen molar-refractivity contribution in [2.45, 2.75) is 6.92 Å². The largest absolute Gasteiger partial charge is 0.465 e. The maximum absolute atomic E-state index is 11.6. The molecular formula is C16H13Cl2N5O3. The van der Waals surface area contributed by atoms with Gasteiger partial charge in [-0.3, -0.25) is 14.1 Å². The van der Waals surface area contributed by atoms with Crippen LogP contribution in [0.3, 0.4) is 0 Å². The zero-order valence-electron chi connectivity index (χ0n) is 13.7. The molecule has 0 saturated heterocycles. The number of benzene rings is 1. The first-order chi connectivity index (χ1) is 12.2. The number of rotatable bonds is 3. The van der Waals surface area contributed by atoms with E-state index < -0.39 is 12.0 Å². The fraction of sp³-hybridized carbons (Fsp3) is 0.125. The molecule has 0 fully saturated rings. The Morgan fingerprint density at radius 3 is 2.54 bits per heavy atom. The molecular weight excluding hydrogens is 381 g/mol. The summed E-state index contributed by atoms with van der Waals surface area (Å²) in [7, 11) is 1.39. The average molecular weight is 394 g/mol. The summed E-state index contributed by atoms with van der Waals surface area (Å²) in [5.41, 5.74) is 6.90. The quantitative estimate of drug-likeness (QED) is 0.708. The molecule has 0 atom stereocenters. The van der Waals surface area contributed by atoms with Crippen molar-refractivity contribution >= 4 is 46.7 Å². The van der Waals surface area contributed by atoms with Gasteiger partial charge in [0.1, 0.15) is 5.69 Å². The number of hydrogen-bond donors (Lipinski definition) is 2. The first-order valence-corrected chi connectivity index (χ1v) is 8.08. The lowest BCUT2D eigenvalue weighted by Crippen LogP contribution is -2.26. The first kappa shape index (κ1) is 18.0. The smallest absolute Gasteiger partial charge is 0.411 e. The van der Waals surface area contributed by atoms with E-state index in [1.54, 1.807) is 19.1 Å². The van der Waals surface area contributed by atoms with Crippen LogP contribution in [0, 0.1) is 6.92 Å². The van der Waals surface area contributed by atoms with Gasteiger partial charge < -0.3 is 10.8 Å². The average Bonchev–Trinajstić information content (AvgIpc) is 2.97. The number of carbonyl (C=O) groups excluding carboxylic acids is 1. The summed E-state index contributed by atoms with van der Waals surface area (Å²) in [6.45, 7) is 1.64. The van der Waals surface area contributed by atoms with E-state index in [-0.39, 0.29) is 11.5 Å². The van der Waals surface area contributed by atoms with Gasteiger partial charge in [-0.15, -0.1) is 0 Å². The van der Waals surface area contributed by atoms with Crippen molar-refractivity contribution in [3.63, 3.8) is 0 Å². The number of halogens is 2. The minimum absolute atomic E-state index is 0.00151. The number of aryl methyl sites for hydroxylation is 1. The number of imidazole rings is 1. The molecule has 0 saturated carbocycles. The molecule has 2 aromatic heterocycles. The van der Waals surface area contributed by atoms with Gasteiger partial charge in [-0.25, -0.2) is 14.8 Å². The van der Waals surface area contributed by atoms with Crippen LogP contribution in [0.1, 0.15) is 16.2 Å². The fourth-order valence-corrected chi connectivity index (χ4v) is 3.16.